The third-order valence-corrected chi connectivity index (χ3v) is 3.19. The van der Waals surface area contributed by atoms with Gasteiger partial charge < -0.3 is 20.6 Å². The van der Waals surface area contributed by atoms with Gasteiger partial charge in [-0.25, -0.2) is 0 Å². The van der Waals surface area contributed by atoms with E-state index in [0.717, 1.165) is 12.5 Å². The molecule has 0 heterocycles. The lowest BCUT2D eigenvalue weighted by Gasteiger charge is -2.25. The van der Waals surface area contributed by atoms with Crippen LogP contribution in [0.3, 0.4) is 0 Å². The predicted octanol–water partition coefficient (Wildman–Crippen LogP) is 1.69. The fourth-order valence-corrected chi connectivity index (χ4v) is 1.86. The molecule has 1 aliphatic rings. The average Bonchev–Trinajstić information content (AvgIpc) is 2.21. The molecule has 1 fully saturated rings. The maximum atomic E-state index is 9.56. The Morgan fingerprint density at radius 3 is 2.50 bits per heavy atom. The van der Waals surface area contributed by atoms with Crippen LogP contribution in [0.25, 0.3) is 0 Å². The van der Waals surface area contributed by atoms with Crippen LogP contribution in [0.2, 0.25) is 0 Å². The van der Waals surface area contributed by atoms with Crippen molar-refractivity contribution in [1.82, 2.24) is 5.32 Å². The molecule has 4 N–H and O–H groups in total. The van der Waals surface area contributed by atoms with Crippen molar-refractivity contribution in [2.45, 2.75) is 25.8 Å². The third-order valence-electron chi connectivity index (χ3n) is 3.19. The van der Waals surface area contributed by atoms with E-state index in [4.69, 9.17) is 5.11 Å². The van der Waals surface area contributed by atoms with Gasteiger partial charge >= 0.3 is 0 Å². The summed E-state index contributed by atoms with van der Waals surface area (Å²) in [6.07, 6.45) is 3.87. The normalized spacial score (nSPS) is 16.0. The predicted molar refractivity (Wildman–Crippen MR) is 60.5 cm³/mol. The monoisotopic (exact) mass is 223 g/mol. The minimum atomic E-state index is -0.442. The van der Waals surface area contributed by atoms with Gasteiger partial charge in [0.25, 0.3) is 0 Å². The quantitative estimate of drug-likeness (QED) is 0.586. The third kappa shape index (κ3) is 2.22. The molecule has 0 amide bonds. The molecular weight excluding hydrogens is 206 g/mol. The van der Waals surface area contributed by atoms with Gasteiger partial charge in [-0.3, -0.25) is 0 Å². The second-order valence-electron chi connectivity index (χ2n) is 4.37. The second kappa shape index (κ2) is 4.61. The van der Waals surface area contributed by atoms with E-state index in [1.54, 1.807) is 6.07 Å². The molecule has 16 heavy (non-hydrogen) atoms. The highest BCUT2D eigenvalue weighted by Gasteiger charge is 2.17. The Morgan fingerprint density at radius 2 is 1.88 bits per heavy atom. The first-order chi connectivity index (χ1) is 7.68. The lowest BCUT2D eigenvalue weighted by molar-refractivity contribution is 0.300. The van der Waals surface area contributed by atoms with Gasteiger partial charge in [0.1, 0.15) is 0 Å². The molecule has 0 aromatic heterocycles. The summed E-state index contributed by atoms with van der Waals surface area (Å²) in [6.45, 7) is 1.46. The maximum absolute atomic E-state index is 9.56. The zero-order valence-corrected chi connectivity index (χ0v) is 9.11. The zero-order valence-electron chi connectivity index (χ0n) is 9.11. The van der Waals surface area contributed by atoms with Crippen molar-refractivity contribution < 1.29 is 15.3 Å². The topological polar surface area (TPSA) is 72.7 Å². The smallest absolute Gasteiger partial charge is 0.200 e. The van der Waals surface area contributed by atoms with Crippen LogP contribution < -0.4 is 5.32 Å². The lowest BCUT2D eigenvalue weighted by atomic mass is 9.85. The highest BCUT2D eigenvalue weighted by molar-refractivity contribution is 5.52. The van der Waals surface area contributed by atoms with E-state index < -0.39 is 5.75 Å². The molecule has 2 rings (SSSR count). The van der Waals surface area contributed by atoms with Crippen LogP contribution in [-0.4, -0.2) is 21.9 Å². The molecule has 0 unspecified atom stereocenters. The Balaban J connectivity index is 1.90. The summed E-state index contributed by atoms with van der Waals surface area (Å²) in [5.74, 6) is -0.211. The van der Waals surface area contributed by atoms with Crippen molar-refractivity contribution in [1.29, 1.82) is 0 Å². The molecule has 0 bridgehead atoms. The van der Waals surface area contributed by atoms with Gasteiger partial charge in [0.05, 0.1) is 0 Å². The first kappa shape index (κ1) is 11.1. The van der Waals surface area contributed by atoms with Crippen molar-refractivity contribution in [3.05, 3.63) is 17.7 Å². The van der Waals surface area contributed by atoms with Crippen molar-refractivity contribution >= 4 is 0 Å². The highest BCUT2D eigenvalue weighted by atomic mass is 16.3. The first-order valence-corrected chi connectivity index (χ1v) is 5.62. The van der Waals surface area contributed by atoms with Crippen LogP contribution in [0.5, 0.6) is 17.2 Å². The van der Waals surface area contributed by atoms with Gasteiger partial charge in [-0.1, -0.05) is 12.5 Å². The van der Waals surface area contributed by atoms with Crippen molar-refractivity contribution in [2.75, 3.05) is 6.54 Å². The SMILES string of the molecule is Oc1ccc(CNCC2CCC2)c(O)c1O. The van der Waals surface area contributed by atoms with Crippen LogP contribution in [0.1, 0.15) is 24.8 Å². The molecule has 1 aliphatic carbocycles. The maximum Gasteiger partial charge on any atom is 0.200 e. The van der Waals surface area contributed by atoms with Crippen LogP contribution in [-0.2, 0) is 6.54 Å². The van der Waals surface area contributed by atoms with E-state index in [1.807, 2.05) is 0 Å². The second-order valence-corrected chi connectivity index (χ2v) is 4.37. The molecule has 4 heteroatoms. The molecule has 1 aromatic rings. The largest absolute Gasteiger partial charge is 0.504 e. The highest BCUT2D eigenvalue weighted by Crippen LogP contribution is 2.36. The van der Waals surface area contributed by atoms with E-state index in [1.165, 1.54) is 25.3 Å². The van der Waals surface area contributed by atoms with E-state index in [0.29, 0.717) is 12.1 Å². The van der Waals surface area contributed by atoms with Crippen molar-refractivity contribution in [2.24, 2.45) is 5.92 Å². The minimum absolute atomic E-state index is 0.235. The van der Waals surface area contributed by atoms with Gasteiger partial charge in [0.15, 0.2) is 11.5 Å². The van der Waals surface area contributed by atoms with Crippen LogP contribution in [0, 0.1) is 5.92 Å². The summed E-state index contributed by atoms with van der Waals surface area (Å²) in [7, 11) is 0. The number of aromatic hydroxyl groups is 3. The van der Waals surface area contributed by atoms with Gasteiger partial charge in [-0.05, 0) is 31.4 Å². The average molecular weight is 223 g/mol. The molecule has 0 aliphatic heterocycles. The van der Waals surface area contributed by atoms with E-state index in [2.05, 4.69) is 5.32 Å². The molecular formula is C12H17NO3. The number of hydrogen-bond acceptors (Lipinski definition) is 4. The number of benzene rings is 1. The fourth-order valence-electron chi connectivity index (χ4n) is 1.86. The number of rotatable bonds is 4. The van der Waals surface area contributed by atoms with Crippen molar-refractivity contribution in [3.63, 3.8) is 0 Å². The molecule has 0 saturated heterocycles. The fraction of sp³-hybridized carbons (Fsp3) is 0.500. The van der Waals surface area contributed by atoms with E-state index in [9.17, 15) is 10.2 Å². The molecule has 4 nitrogen and oxygen atoms in total. The van der Waals surface area contributed by atoms with Crippen molar-refractivity contribution in [3.8, 4) is 17.2 Å². The molecule has 0 spiro atoms. The summed E-state index contributed by atoms with van der Waals surface area (Å²) in [5, 5.41) is 31.3. The van der Waals surface area contributed by atoms with Gasteiger partial charge in [-0.15, -0.1) is 0 Å². The number of nitrogens with one attached hydrogen (secondary N) is 1. The van der Waals surface area contributed by atoms with E-state index in [-0.39, 0.29) is 11.5 Å². The summed E-state index contributed by atoms with van der Waals surface area (Å²) < 4.78 is 0. The Kier molecular flexibility index (Phi) is 3.19. The standard InChI is InChI=1S/C12H17NO3/c14-10-5-4-9(11(15)12(10)16)7-13-6-8-2-1-3-8/h4-5,8,13-16H,1-3,6-7H2. The molecule has 0 radical (unpaired) electrons. The Bertz CT molecular complexity index is 375. The molecule has 88 valence electrons. The van der Waals surface area contributed by atoms with Gasteiger partial charge in [0, 0.05) is 12.1 Å². The van der Waals surface area contributed by atoms with Crippen LogP contribution in [0.15, 0.2) is 12.1 Å². The summed E-state index contributed by atoms with van der Waals surface area (Å²) in [5.41, 5.74) is 0.606. The van der Waals surface area contributed by atoms with Gasteiger partial charge in [-0.2, -0.15) is 0 Å². The Morgan fingerprint density at radius 1 is 1.12 bits per heavy atom. The zero-order chi connectivity index (χ0) is 11.5. The summed E-state index contributed by atoms with van der Waals surface area (Å²) in [4.78, 5) is 0. The summed E-state index contributed by atoms with van der Waals surface area (Å²) >= 11 is 0. The molecule has 0 atom stereocenters. The number of phenolic OH excluding ortho intramolecular Hbond substituents is 3. The first-order valence-electron chi connectivity index (χ1n) is 5.62. The number of phenols is 3. The van der Waals surface area contributed by atoms with Crippen LogP contribution >= 0.6 is 0 Å². The van der Waals surface area contributed by atoms with E-state index >= 15 is 0 Å². The van der Waals surface area contributed by atoms with Crippen LogP contribution in [0.4, 0.5) is 0 Å². The Hall–Kier alpha value is -1.42. The van der Waals surface area contributed by atoms with Gasteiger partial charge in [0.2, 0.25) is 5.75 Å². The lowest BCUT2D eigenvalue weighted by Crippen LogP contribution is -2.26. The summed E-state index contributed by atoms with van der Waals surface area (Å²) in [6, 6.07) is 2.99. The molecule has 1 aromatic carbocycles. The Labute approximate surface area is 94.5 Å². The minimum Gasteiger partial charge on any atom is -0.504 e. The number of hydrogen-bond donors (Lipinski definition) is 4. The molecule has 1 saturated carbocycles.